The van der Waals surface area contributed by atoms with Crippen molar-refractivity contribution < 1.29 is 4.42 Å². The third kappa shape index (κ3) is 3.00. The predicted molar refractivity (Wildman–Crippen MR) is 73.0 cm³/mol. The highest BCUT2D eigenvalue weighted by Crippen LogP contribution is 2.21. The Hall–Kier alpha value is -1.58. The lowest BCUT2D eigenvalue weighted by Crippen LogP contribution is -2.29. The zero-order valence-electron chi connectivity index (χ0n) is 10.9. The fourth-order valence-electron chi connectivity index (χ4n) is 2.02. The van der Waals surface area contributed by atoms with Crippen LogP contribution in [0.1, 0.15) is 42.7 Å². The van der Waals surface area contributed by atoms with E-state index in [1.807, 2.05) is 12.1 Å². The van der Waals surface area contributed by atoms with Gasteiger partial charge in [-0.05, 0) is 29.2 Å². The summed E-state index contributed by atoms with van der Waals surface area (Å²) in [5, 5.41) is 0. The summed E-state index contributed by atoms with van der Waals surface area (Å²) in [5.41, 5.74) is 5.36. The van der Waals surface area contributed by atoms with Crippen molar-refractivity contribution in [3.05, 3.63) is 59.5 Å². The number of hydrogen-bond acceptors (Lipinski definition) is 3. The predicted octanol–water partition coefficient (Wildman–Crippen LogP) is 3.15. The van der Waals surface area contributed by atoms with Gasteiger partial charge in [0, 0.05) is 6.42 Å². The molecular weight excluding hydrogens is 224 g/mol. The lowest BCUT2D eigenvalue weighted by molar-refractivity contribution is 0.454. The number of benzene rings is 1. The molecule has 0 saturated heterocycles. The molecule has 1 atom stereocenters. The van der Waals surface area contributed by atoms with Gasteiger partial charge in [0.1, 0.15) is 5.76 Å². The summed E-state index contributed by atoms with van der Waals surface area (Å²) in [6.45, 7) is 4.38. The van der Waals surface area contributed by atoms with Crippen LogP contribution in [0.5, 0.6) is 0 Å². The second kappa shape index (κ2) is 5.85. The summed E-state index contributed by atoms with van der Waals surface area (Å²) in [6.07, 6.45) is 2.44. The first-order valence-corrected chi connectivity index (χ1v) is 6.29. The molecule has 3 heteroatoms. The van der Waals surface area contributed by atoms with E-state index >= 15 is 0 Å². The van der Waals surface area contributed by atoms with Gasteiger partial charge < -0.3 is 4.42 Å². The van der Waals surface area contributed by atoms with Crippen LogP contribution < -0.4 is 11.3 Å². The molecule has 3 nitrogen and oxygen atoms in total. The quantitative estimate of drug-likeness (QED) is 0.627. The molecule has 3 N–H and O–H groups in total. The van der Waals surface area contributed by atoms with Crippen LogP contribution in [0.2, 0.25) is 0 Å². The Bertz CT molecular complexity index is 460. The summed E-state index contributed by atoms with van der Waals surface area (Å²) in [6, 6.07) is 12.5. The average molecular weight is 244 g/mol. The monoisotopic (exact) mass is 244 g/mol. The fourth-order valence-corrected chi connectivity index (χ4v) is 2.02. The molecule has 18 heavy (non-hydrogen) atoms. The second-order valence-corrected chi connectivity index (χ2v) is 4.82. The van der Waals surface area contributed by atoms with E-state index in [1.54, 1.807) is 6.26 Å². The van der Waals surface area contributed by atoms with Crippen molar-refractivity contribution in [2.75, 3.05) is 0 Å². The number of nitrogens with one attached hydrogen (secondary N) is 1. The topological polar surface area (TPSA) is 51.2 Å². The van der Waals surface area contributed by atoms with E-state index in [4.69, 9.17) is 10.3 Å². The van der Waals surface area contributed by atoms with Crippen molar-refractivity contribution in [1.82, 2.24) is 5.43 Å². The van der Waals surface area contributed by atoms with Crippen molar-refractivity contribution in [2.24, 2.45) is 5.84 Å². The van der Waals surface area contributed by atoms with Crippen molar-refractivity contribution in [1.29, 1.82) is 0 Å². The molecule has 96 valence electrons. The van der Waals surface area contributed by atoms with Crippen molar-refractivity contribution in [3.8, 4) is 0 Å². The standard InChI is InChI=1S/C15H20N2O/c1-11(2)12-5-7-13(8-6-12)15(17-16)10-14-4-3-9-18-14/h3-9,11,15,17H,10,16H2,1-2H3. The first-order chi connectivity index (χ1) is 8.70. The fraction of sp³-hybridized carbons (Fsp3) is 0.333. The third-order valence-electron chi connectivity index (χ3n) is 3.19. The molecule has 0 bridgehead atoms. The van der Waals surface area contributed by atoms with E-state index in [0.29, 0.717) is 5.92 Å². The van der Waals surface area contributed by atoms with E-state index in [9.17, 15) is 0 Å². The van der Waals surface area contributed by atoms with Gasteiger partial charge in [-0.1, -0.05) is 38.1 Å². The van der Waals surface area contributed by atoms with Gasteiger partial charge in [0.25, 0.3) is 0 Å². The van der Waals surface area contributed by atoms with Crippen LogP contribution in [0.4, 0.5) is 0 Å². The average Bonchev–Trinajstić information content (AvgIpc) is 2.89. The third-order valence-corrected chi connectivity index (χ3v) is 3.19. The zero-order valence-corrected chi connectivity index (χ0v) is 10.9. The van der Waals surface area contributed by atoms with Gasteiger partial charge in [0.15, 0.2) is 0 Å². The van der Waals surface area contributed by atoms with Crippen LogP contribution in [0.3, 0.4) is 0 Å². The van der Waals surface area contributed by atoms with Crippen molar-refractivity contribution in [2.45, 2.75) is 32.2 Å². The van der Waals surface area contributed by atoms with Crippen molar-refractivity contribution >= 4 is 0 Å². The first-order valence-electron chi connectivity index (χ1n) is 6.29. The first kappa shape index (κ1) is 12.9. The van der Waals surface area contributed by atoms with E-state index in [1.165, 1.54) is 11.1 Å². The number of hydrogen-bond donors (Lipinski definition) is 2. The summed E-state index contributed by atoms with van der Waals surface area (Å²) in [4.78, 5) is 0. The Morgan fingerprint density at radius 2 is 1.78 bits per heavy atom. The summed E-state index contributed by atoms with van der Waals surface area (Å²) in [5.74, 6) is 7.11. The maximum absolute atomic E-state index is 5.63. The maximum atomic E-state index is 5.63. The molecule has 0 amide bonds. The van der Waals surface area contributed by atoms with E-state index in [-0.39, 0.29) is 6.04 Å². The van der Waals surface area contributed by atoms with Gasteiger partial charge >= 0.3 is 0 Å². The second-order valence-electron chi connectivity index (χ2n) is 4.82. The molecule has 0 radical (unpaired) electrons. The van der Waals surface area contributed by atoms with Crippen LogP contribution in [0.25, 0.3) is 0 Å². The molecule has 0 spiro atoms. The molecular formula is C15H20N2O. The summed E-state index contributed by atoms with van der Waals surface area (Å²) in [7, 11) is 0. The molecule has 0 saturated carbocycles. The Morgan fingerprint density at radius 1 is 1.11 bits per heavy atom. The van der Waals surface area contributed by atoms with Crippen molar-refractivity contribution in [3.63, 3.8) is 0 Å². The van der Waals surface area contributed by atoms with E-state index in [0.717, 1.165) is 12.2 Å². The Labute approximate surface area is 108 Å². The number of nitrogens with two attached hydrogens (primary N) is 1. The van der Waals surface area contributed by atoms with Gasteiger partial charge in [-0.3, -0.25) is 11.3 Å². The molecule has 0 aliphatic rings. The van der Waals surface area contributed by atoms with Gasteiger partial charge in [-0.25, -0.2) is 0 Å². The minimum atomic E-state index is 0.0809. The van der Waals surface area contributed by atoms with Crippen LogP contribution in [-0.4, -0.2) is 0 Å². The molecule has 1 heterocycles. The van der Waals surface area contributed by atoms with Crippen LogP contribution in [0, 0.1) is 0 Å². The molecule has 0 aliphatic carbocycles. The molecule has 0 fully saturated rings. The summed E-state index contributed by atoms with van der Waals surface area (Å²) >= 11 is 0. The van der Waals surface area contributed by atoms with Gasteiger partial charge in [0.2, 0.25) is 0 Å². The molecule has 1 aromatic carbocycles. The lowest BCUT2D eigenvalue weighted by atomic mass is 9.97. The minimum Gasteiger partial charge on any atom is -0.469 e. The molecule has 2 aromatic rings. The Kier molecular flexibility index (Phi) is 4.18. The van der Waals surface area contributed by atoms with E-state index in [2.05, 4.69) is 43.5 Å². The largest absolute Gasteiger partial charge is 0.469 e. The van der Waals surface area contributed by atoms with Crippen LogP contribution >= 0.6 is 0 Å². The zero-order chi connectivity index (χ0) is 13.0. The van der Waals surface area contributed by atoms with E-state index < -0.39 is 0 Å². The highest BCUT2D eigenvalue weighted by molar-refractivity contribution is 5.27. The Morgan fingerprint density at radius 3 is 2.28 bits per heavy atom. The number of furan rings is 1. The highest BCUT2D eigenvalue weighted by atomic mass is 16.3. The molecule has 2 rings (SSSR count). The number of rotatable bonds is 5. The normalized spacial score (nSPS) is 12.9. The van der Waals surface area contributed by atoms with Gasteiger partial charge in [-0.2, -0.15) is 0 Å². The molecule has 1 unspecified atom stereocenters. The maximum Gasteiger partial charge on any atom is 0.105 e. The van der Waals surface area contributed by atoms with Gasteiger partial charge in [-0.15, -0.1) is 0 Å². The Balaban J connectivity index is 2.12. The molecule has 0 aliphatic heterocycles. The smallest absolute Gasteiger partial charge is 0.105 e. The minimum absolute atomic E-state index is 0.0809. The highest BCUT2D eigenvalue weighted by Gasteiger charge is 2.12. The molecule has 1 aromatic heterocycles. The van der Waals surface area contributed by atoms with Crippen LogP contribution in [0.15, 0.2) is 47.1 Å². The van der Waals surface area contributed by atoms with Gasteiger partial charge in [0.05, 0.1) is 12.3 Å². The SMILES string of the molecule is CC(C)c1ccc(C(Cc2ccco2)NN)cc1. The lowest BCUT2D eigenvalue weighted by Gasteiger charge is -2.16. The number of hydrazine groups is 1. The van der Waals surface area contributed by atoms with Crippen LogP contribution in [-0.2, 0) is 6.42 Å². The summed E-state index contributed by atoms with van der Waals surface area (Å²) < 4.78 is 5.35.